The maximum Gasteiger partial charge on any atom is 0.320 e. The number of esters is 1. The summed E-state index contributed by atoms with van der Waals surface area (Å²) < 4.78 is 7.57. The van der Waals surface area contributed by atoms with Crippen molar-refractivity contribution in [1.82, 2.24) is 9.55 Å². The normalized spacial score (nSPS) is 23.6. The van der Waals surface area contributed by atoms with Crippen LogP contribution in [0.25, 0.3) is 11.0 Å². The molecule has 0 spiro atoms. The summed E-state index contributed by atoms with van der Waals surface area (Å²) in [5.74, 6) is -0.522. The van der Waals surface area contributed by atoms with Gasteiger partial charge in [-0.1, -0.05) is 44.1 Å². The van der Waals surface area contributed by atoms with Gasteiger partial charge in [0.05, 0.1) is 23.7 Å². The molecule has 30 heavy (non-hydrogen) atoms. The third kappa shape index (κ3) is 3.64. The predicted molar refractivity (Wildman–Crippen MR) is 117 cm³/mol. The Kier molecular flexibility index (Phi) is 6.21. The van der Waals surface area contributed by atoms with Crippen LogP contribution < -0.4 is 4.90 Å². The van der Waals surface area contributed by atoms with Gasteiger partial charge in [-0.05, 0) is 50.7 Å². The molecular formula is C24H31N3O3. The summed E-state index contributed by atoms with van der Waals surface area (Å²) in [6, 6.07) is 7.70. The van der Waals surface area contributed by atoms with Crippen LogP contribution >= 0.6 is 0 Å². The minimum Gasteiger partial charge on any atom is -0.465 e. The zero-order valence-corrected chi connectivity index (χ0v) is 17.9. The number of benzene rings is 1. The number of hydrogen-bond donors (Lipinski definition) is 0. The van der Waals surface area contributed by atoms with E-state index < -0.39 is 11.9 Å². The number of rotatable bonds is 7. The van der Waals surface area contributed by atoms with E-state index in [1.54, 1.807) is 11.8 Å². The summed E-state index contributed by atoms with van der Waals surface area (Å²) in [6.45, 7) is 4.78. The van der Waals surface area contributed by atoms with Crippen LogP contribution in [-0.2, 0) is 14.3 Å². The van der Waals surface area contributed by atoms with E-state index in [1.807, 2.05) is 24.3 Å². The fourth-order valence-electron chi connectivity index (χ4n) is 4.89. The Morgan fingerprint density at radius 3 is 2.77 bits per heavy atom. The number of carbonyl (C=O) groups is 2. The van der Waals surface area contributed by atoms with Crippen molar-refractivity contribution in [2.45, 2.75) is 58.4 Å². The van der Waals surface area contributed by atoms with Gasteiger partial charge < -0.3 is 9.30 Å². The first-order chi connectivity index (χ1) is 14.7. The number of nitrogens with zero attached hydrogens (tertiary/aromatic N) is 3. The molecule has 1 aliphatic carbocycles. The molecule has 2 aliphatic rings. The molecule has 2 heterocycles. The highest BCUT2D eigenvalue weighted by atomic mass is 16.5. The summed E-state index contributed by atoms with van der Waals surface area (Å²) in [5, 5.41) is 0. The van der Waals surface area contributed by atoms with E-state index in [9.17, 15) is 9.59 Å². The Labute approximate surface area is 177 Å². The molecule has 0 fully saturated rings. The van der Waals surface area contributed by atoms with E-state index in [0.29, 0.717) is 12.5 Å². The second kappa shape index (κ2) is 9.02. The van der Waals surface area contributed by atoms with Crippen molar-refractivity contribution in [2.24, 2.45) is 11.8 Å². The minimum absolute atomic E-state index is 0.160. The van der Waals surface area contributed by atoms with Gasteiger partial charge in [0, 0.05) is 6.54 Å². The molecule has 0 radical (unpaired) electrons. The summed E-state index contributed by atoms with van der Waals surface area (Å²) >= 11 is 0. The fraction of sp³-hybridized carbons (Fsp3) is 0.542. The van der Waals surface area contributed by atoms with Crippen molar-refractivity contribution in [2.75, 3.05) is 18.1 Å². The van der Waals surface area contributed by atoms with Crippen molar-refractivity contribution in [3.63, 3.8) is 0 Å². The van der Waals surface area contributed by atoms with Crippen molar-refractivity contribution in [1.29, 1.82) is 0 Å². The summed E-state index contributed by atoms with van der Waals surface area (Å²) in [5.41, 5.74) is 1.84. The predicted octanol–water partition coefficient (Wildman–Crippen LogP) is 4.65. The van der Waals surface area contributed by atoms with Crippen LogP contribution in [0.4, 0.5) is 5.95 Å². The molecule has 1 aromatic heterocycles. The maximum atomic E-state index is 13.7. The lowest BCUT2D eigenvalue weighted by molar-refractivity contribution is -0.155. The number of para-hydroxylation sites is 2. The van der Waals surface area contributed by atoms with Crippen molar-refractivity contribution < 1.29 is 14.3 Å². The molecule has 6 heteroatoms. The maximum absolute atomic E-state index is 13.7. The molecule has 1 amide bonds. The first kappa shape index (κ1) is 20.6. The van der Waals surface area contributed by atoms with E-state index in [-0.39, 0.29) is 24.5 Å². The van der Waals surface area contributed by atoms with E-state index in [0.717, 1.165) is 49.6 Å². The van der Waals surface area contributed by atoms with Crippen LogP contribution in [0.15, 0.2) is 36.4 Å². The first-order valence-corrected chi connectivity index (χ1v) is 11.3. The Bertz CT molecular complexity index is 948. The lowest BCUT2D eigenvalue weighted by atomic mass is 9.79. The van der Waals surface area contributed by atoms with Gasteiger partial charge in [0.25, 0.3) is 0 Å². The zero-order valence-electron chi connectivity index (χ0n) is 17.9. The largest absolute Gasteiger partial charge is 0.465 e. The quantitative estimate of drug-likeness (QED) is 0.289. The number of ether oxygens (including phenoxy) is 1. The zero-order chi connectivity index (χ0) is 21.1. The summed E-state index contributed by atoms with van der Waals surface area (Å²) in [7, 11) is 0. The van der Waals surface area contributed by atoms with Crippen LogP contribution in [0.1, 0.15) is 58.4 Å². The first-order valence-electron chi connectivity index (χ1n) is 11.3. The van der Waals surface area contributed by atoms with Crippen molar-refractivity contribution in [3.8, 4) is 0 Å². The summed E-state index contributed by atoms with van der Waals surface area (Å²) in [6.07, 6.45) is 10.1. The van der Waals surface area contributed by atoms with Gasteiger partial charge in [0.2, 0.25) is 11.9 Å². The molecule has 0 bridgehead atoms. The van der Waals surface area contributed by atoms with Crippen molar-refractivity contribution in [3.05, 3.63) is 36.4 Å². The molecule has 1 aliphatic heterocycles. The molecular weight excluding hydrogens is 378 g/mol. The number of fused-ring (bicyclic) bond motifs is 3. The van der Waals surface area contributed by atoms with Gasteiger partial charge in [-0.3, -0.25) is 14.5 Å². The Hall–Kier alpha value is -2.63. The van der Waals surface area contributed by atoms with Gasteiger partial charge >= 0.3 is 5.97 Å². The van der Waals surface area contributed by atoms with Gasteiger partial charge in [0.1, 0.15) is 0 Å². The van der Waals surface area contributed by atoms with Crippen LogP contribution in [0.5, 0.6) is 0 Å². The molecule has 0 unspecified atom stereocenters. The molecule has 1 aromatic carbocycles. The Morgan fingerprint density at radius 2 is 2.03 bits per heavy atom. The number of imidazole rings is 1. The second-order valence-corrected chi connectivity index (χ2v) is 8.23. The van der Waals surface area contributed by atoms with E-state index in [2.05, 4.69) is 23.6 Å². The smallest absolute Gasteiger partial charge is 0.320 e. The van der Waals surface area contributed by atoms with E-state index >= 15 is 0 Å². The van der Waals surface area contributed by atoms with E-state index in [4.69, 9.17) is 9.72 Å². The highest BCUT2D eigenvalue weighted by Crippen LogP contribution is 2.44. The highest BCUT2D eigenvalue weighted by Gasteiger charge is 2.49. The van der Waals surface area contributed by atoms with Gasteiger partial charge in [-0.15, -0.1) is 0 Å². The molecule has 4 rings (SSSR count). The lowest BCUT2D eigenvalue weighted by Gasteiger charge is -2.41. The van der Waals surface area contributed by atoms with Gasteiger partial charge in [0.15, 0.2) is 5.92 Å². The van der Waals surface area contributed by atoms with Gasteiger partial charge in [-0.2, -0.15) is 0 Å². The van der Waals surface area contributed by atoms with Crippen molar-refractivity contribution >= 4 is 28.9 Å². The summed E-state index contributed by atoms with van der Waals surface area (Å²) in [4.78, 5) is 33.3. The number of allylic oxidation sites excluding steroid dienone is 2. The average molecular weight is 410 g/mol. The molecule has 0 saturated heterocycles. The molecule has 6 nitrogen and oxygen atoms in total. The van der Waals surface area contributed by atoms with Gasteiger partial charge in [-0.25, -0.2) is 4.98 Å². The molecule has 0 N–H and O–H groups in total. The number of anilines is 1. The Morgan fingerprint density at radius 1 is 1.20 bits per heavy atom. The van der Waals surface area contributed by atoms with Crippen LogP contribution in [0, 0.1) is 11.8 Å². The number of hydrogen-bond acceptors (Lipinski definition) is 4. The standard InChI is InChI=1S/C24H31N3O3/c1-3-5-11-16-26-22(28)20(23(29)30-4-2)21(17-12-7-6-8-13-17)27-19-15-10-9-14-18(19)25-24(26)27/h6-7,9-10,14-15,17,20-21H,3-5,8,11-13,16H2,1-2H3/t17-,20+,21-/m0/s1. The molecule has 160 valence electrons. The van der Waals surface area contributed by atoms with Crippen LogP contribution in [0.3, 0.4) is 0 Å². The minimum atomic E-state index is -0.826. The topological polar surface area (TPSA) is 64.4 Å². The average Bonchev–Trinajstić information content (AvgIpc) is 3.14. The SMILES string of the molecule is CCCCCN1C(=O)[C@H](C(=O)OCC)[C@H]([C@H]2CC=CCC2)n2c1nc1ccccc12. The van der Waals surface area contributed by atoms with Crippen LogP contribution in [-0.4, -0.2) is 34.6 Å². The molecule has 3 atom stereocenters. The number of unbranched alkanes of at least 4 members (excludes halogenated alkanes) is 2. The second-order valence-electron chi connectivity index (χ2n) is 8.23. The molecule has 2 aromatic rings. The van der Waals surface area contributed by atoms with Crippen LogP contribution in [0.2, 0.25) is 0 Å². The fourth-order valence-corrected chi connectivity index (χ4v) is 4.89. The number of carbonyl (C=O) groups excluding carboxylic acids is 2. The Balaban J connectivity index is 1.86. The van der Waals surface area contributed by atoms with E-state index in [1.165, 1.54) is 0 Å². The highest BCUT2D eigenvalue weighted by molar-refractivity contribution is 6.08. The number of amides is 1. The third-order valence-electron chi connectivity index (χ3n) is 6.31. The third-order valence-corrected chi connectivity index (χ3v) is 6.31. The monoisotopic (exact) mass is 409 g/mol. The molecule has 0 saturated carbocycles. The lowest BCUT2D eigenvalue weighted by Crippen LogP contribution is -2.52. The number of aromatic nitrogens is 2.